The molecular formula is C15H22F2N2O2S. The minimum absolute atomic E-state index is 0.127. The third kappa shape index (κ3) is 3.64. The molecule has 1 fully saturated rings. The summed E-state index contributed by atoms with van der Waals surface area (Å²) < 4.78 is 53.5. The number of sulfonamides is 1. The number of rotatable bonds is 5. The van der Waals surface area contributed by atoms with Crippen molar-refractivity contribution in [2.45, 2.75) is 31.6 Å². The van der Waals surface area contributed by atoms with Crippen molar-refractivity contribution in [3.05, 3.63) is 29.3 Å². The smallest absolute Gasteiger partial charge is 0.245 e. The van der Waals surface area contributed by atoms with E-state index in [9.17, 15) is 17.2 Å². The Labute approximate surface area is 130 Å². The Hall–Kier alpha value is -1.05. The Morgan fingerprint density at radius 1 is 1.23 bits per heavy atom. The Morgan fingerprint density at radius 3 is 2.45 bits per heavy atom. The Kier molecular flexibility index (Phi) is 5.52. The van der Waals surface area contributed by atoms with E-state index in [1.165, 1.54) is 11.2 Å². The molecule has 1 aliphatic heterocycles. The molecule has 0 radical (unpaired) electrons. The second kappa shape index (κ2) is 7.02. The highest BCUT2D eigenvalue weighted by atomic mass is 32.2. The maximum atomic E-state index is 13.9. The van der Waals surface area contributed by atoms with Crippen LogP contribution in [0.15, 0.2) is 17.0 Å². The maximum Gasteiger partial charge on any atom is 0.245 e. The molecule has 1 saturated heterocycles. The zero-order chi connectivity index (χ0) is 16.3. The Morgan fingerprint density at radius 2 is 1.86 bits per heavy atom. The molecule has 0 spiro atoms. The minimum Gasteiger partial charge on any atom is -0.317 e. The third-order valence-electron chi connectivity index (χ3n) is 4.09. The first-order chi connectivity index (χ1) is 10.4. The van der Waals surface area contributed by atoms with Crippen LogP contribution in [0.1, 0.15) is 25.3 Å². The summed E-state index contributed by atoms with van der Waals surface area (Å²) in [5.41, 5.74) is 0.127. The summed E-state index contributed by atoms with van der Waals surface area (Å²) in [6.07, 6.45) is 1.49. The van der Waals surface area contributed by atoms with Crippen LogP contribution < -0.4 is 5.32 Å². The molecule has 1 aromatic carbocycles. The number of piperidine rings is 1. The molecule has 0 unspecified atom stereocenters. The molecule has 0 bridgehead atoms. The summed E-state index contributed by atoms with van der Waals surface area (Å²) in [7, 11) is -3.90. The van der Waals surface area contributed by atoms with Gasteiger partial charge in [0.2, 0.25) is 10.0 Å². The van der Waals surface area contributed by atoms with Crippen LogP contribution in [-0.2, 0) is 10.0 Å². The van der Waals surface area contributed by atoms with Gasteiger partial charge in [-0.2, -0.15) is 4.31 Å². The lowest BCUT2D eigenvalue weighted by atomic mass is 9.98. The number of halogens is 2. The summed E-state index contributed by atoms with van der Waals surface area (Å²) in [4.78, 5) is -0.434. The van der Waals surface area contributed by atoms with Gasteiger partial charge in [0.25, 0.3) is 0 Å². The van der Waals surface area contributed by atoms with Crippen molar-refractivity contribution in [2.75, 3.05) is 26.2 Å². The molecular weight excluding hydrogens is 310 g/mol. The highest BCUT2D eigenvalue weighted by molar-refractivity contribution is 7.89. The van der Waals surface area contributed by atoms with E-state index in [0.717, 1.165) is 32.0 Å². The van der Waals surface area contributed by atoms with Gasteiger partial charge >= 0.3 is 0 Å². The second-order valence-corrected chi connectivity index (χ2v) is 7.59. The molecule has 7 heteroatoms. The topological polar surface area (TPSA) is 49.4 Å². The third-order valence-corrected chi connectivity index (χ3v) is 6.00. The monoisotopic (exact) mass is 332 g/mol. The molecule has 0 amide bonds. The van der Waals surface area contributed by atoms with Gasteiger partial charge in [0.05, 0.1) is 0 Å². The molecule has 0 saturated carbocycles. The molecule has 22 heavy (non-hydrogen) atoms. The predicted molar refractivity (Wildman–Crippen MR) is 81.1 cm³/mol. The zero-order valence-corrected chi connectivity index (χ0v) is 13.7. The molecule has 4 nitrogen and oxygen atoms in total. The first-order valence-electron chi connectivity index (χ1n) is 7.52. The molecule has 2 rings (SSSR count). The normalized spacial score (nSPS) is 17.8. The summed E-state index contributed by atoms with van der Waals surface area (Å²) in [6, 6.07) is 1.71. The van der Waals surface area contributed by atoms with Crippen molar-refractivity contribution in [1.82, 2.24) is 9.62 Å². The summed E-state index contributed by atoms with van der Waals surface area (Å²) in [5.74, 6) is -1.33. The van der Waals surface area contributed by atoms with Crippen LogP contribution in [-0.4, -0.2) is 38.9 Å². The van der Waals surface area contributed by atoms with Gasteiger partial charge < -0.3 is 5.32 Å². The number of hydrogen-bond donors (Lipinski definition) is 1. The fourth-order valence-electron chi connectivity index (χ4n) is 2.67. The van der Waals surface area contributed by atoms with Crippen molar-refractivity contribution < 1.29 is 17.2 Å². The van der Waals surface area contributed by atoms with E-state index >= 15 is 0 Å². The number of nitrogens with one attached hydrogen (secondary N) is 1. The lowest BCUT2D eigenvalue weighted by Crippen LogP contribution is -2.41. The Bertz CT molecular complexity index is 627. The summed E-state index contributed by atoms with van der Waals surface area (Å²) >= 11 is 0. The summed E-state index contributed by atoms with van der Waals surface area (Å²) in [6.45, 7) is 5.95. The number of nitrogens with zero attached hydrogens (tertiary/aromatic N) is 1. The van der Waals surface area contributed by atoms with Gasteiger partial charge in [0.15, 0.2) is 0 Å². The van der Waals surface area contributed by atoms with E-state index in [2.05, 4.69) is 5.32 Å². The molecule has 1 aliphatic rings. The first-order valence-corrected chi connectivity index (χ1v) is 8.96. The molecule has 1 aromatic rings. The molecule has 124 valence electrons. The van der Waals surface area contributed by atoms with E-state index < -0.39 is 26.6 Å². The average Bonchev–Trinajstić information content (AvgIpc) is 2.49. The van der Waals surface area contributed by atoms with Crippen LogP contribution in [0.2, 0.25) is 0 Å². The highest BCUT2D eigenvalue weighted by Crippen LogP contribution is 2.26. The molecule has 0 aliphatic carbocycles. The van der Waals surface area contributed by atoms with Crippen molar-refractivity contribution in [1.29, 1.82) is 0 Å². The quantitative estimate of drug-likeness (QED) is 0.900. The largest absolute Gasteiger partial charge is 0.317 e. The van der Waals surface area contributed by atoms with Crippen molar-refractivity contribution >= 4 is 10.0 Å². The van der Waals surface area contributed by atoms with Gasteiger partial charge in [-0.1, -0.05) is 6.92 Å². The van der Waals surface area contributed by atoms with Crippen LogP contribution in [0.3, 0.4) is 0 Å². The fraction of sp³-hybridized carbons (Fsp3) is 0.600. The summed E-state index contributed by atoms with van der Waals surface area (Å²) in [5, 5.41) is 3.26. The van der Waals surface area contributed by atoms with Crippen LogP contribution in [0.4, 0.5) is 8.78 Å². The van der Waals surface area contributed by atoms with Crippen molar-refractivity contribution in [3.8, 4) is 0 Å². The van der Waals surface area contributed by atoms with Gasteiger partial charge in [-0.3, -0.25) is 0 Å². The molecule has 0 atom stereocenters. The highest BCUT2D eigenvalue weighted by Gasteiger charge is 2.31. The van der Waals surface area contributed by atoms with Crippen LogP contribution in [0.5, 0.6) is 0 Å². The number of hydrogen-bond acceptors (Lipinski definition) is 3. The predicted octanol–water partition coefficient (Wildman–Crippen LogP) is 2.28. The fourth-order valence-corrected chi connectivity index (χ4v) is 4.27. The molecule has 1 heterocycles. The van der Waals surface area contributed by atoms with Crippen LogP contribution in [0, 0.1) is 24.5 Å². The lowest BCUT2D eigenvalue weighted by Gasteiger charge is -2.31. The van der Waals surface area contributed by atoms with Crippen LogP contribution >= 0.6 is 0 Å². The van der Waals surface area contributed by atoms with E-state index in [4.69, 9.17) is 0 Å². The lowest BCUT2D eigenvalue weighted by molar-refractivity contribution is 0.268. The molecule has 1 N–H and O–H groups in total. The molecule has 0 aromatic heterocycles. The van der Waals surface area contributed by atoms with Gasteiger partial charge in [0, 0.05) is 19.2 Å². The van der Waals surface area contributed by atoms with Crippen molar-refractivity contribution in [2.24, 2.45) is 5.92 Å². The van der Waals surface area contributed by atoms with Gasteiger partial charge in [-0.25, -0.2) is 17.2 Å². The van der Waals surface area contributed by atoms with E-state index in [1.54, 1.807) is 0 Å². The minimum atomic E-state index is -3.90. The zero-order valence-electron chi connectivity index (χ0n) is 12.9. The van der Waals surface area contributed by atoms with E-state index in [-0.39, 0.29) is 5.56 Å². The van der Waals surface area contributed by atoms with Gasteiger partial charge in [0.1, 0.15) is 16.5 Å². The van der Waals surface area contributed by atoms with Crippen LogP contribution in [0.25, 0.3) is 0 Å². The number of benzene rings is 1. The average molecular weight is 332 g/mol. The second-order valence-electron chi connectivity index (χ2n) is 5.69. The number of aryl methyl sites for hydroxylation is 1. The van der Waals surface area contributed by atoms with E-state index in [1.807, 2.05) is 6.92 Å². The maximum absolute atomic E-state index is 13.9. The Balaban J connectivity index is 2.14. The van der Waals surface area contributed by atoms with Gasteiger partial charge in [-0.15, -0.1) is 0 Å². The SMILES string of the molecule is CCNCC1CCN(S(=O)(=O)c2cc(C)c(F)cc2F)CC1. The standard InChI is InChI=1S/C15H22F2N2O2S/c1-3-18-10-12-4-6-19(7-5-12)22(20,21)15-8-11(2)13(16)9-14(15)17/h8-9,12,18H,3-7,10H2,1-2H3. The first kappa shape index (κ1) is 17.3. The van der Waals surface area contributed by atoms with Crippen molar-refractivity contribution in [3.63, 3.8) is 0 Å². The van der Waals surface area contributed by atoms with Gasteiger partial charge in [-0.05, 0) is 50.4 Å². The van der Waals surface area contributed by atoms with E-state index in [0.29, 0.717) is 25.1 Å².